The fourth-order valence-electron chi connectivity index (χ4n) is 2.39. The largest absolute Gasteiger partial charge is 0.422 e. The second-order valence-electron chi connectivity index (χ2n) is 5.74. The van der Waals surface area contributed by atoms with Crippen LogP contribution in [0.3, 0.4) is 0 Å². The second-order valence-corrected chi connectivity index (χ2v) is 5.74. The summed E-state index contributed by atoms with van der Waals surface area (Å²) in [5, 5.41) is 0. The first kappa shape index (κ1) is 15.2. The first-order valence-corrected chi connectivity index (χ1v) is 6.91. The highest BCUT2D eigenvalue weighted by molar-refractivity contribution is 6.26. The van der Waals surface area contributed by atoms with Crippen LogP contribution >= 0.6 is 0 Å². The van der Waals surface area contributed by atoms with Crippen LogP contribution in [0.25, 0.3) is 0 Å². The summed E-state index contributed by atoms with van der Waals surface area (Å²) < 4.78 is 5.10. The molecule has 1 aliphatic carbocycles. The molecule has 0 bridgehead atoms. The van der Waals surface area contributed by atoms with E-state index in [4.69, 9.17) is 4.74 Å². The highest BCUT2D eigenvalue weighted by Gasteiger charge is 2.40. The van der Waals surface area contributed by atoms with Gasteiger partial charge in [-0.05, 0) is 11.8 Å². The molecular weight excluding hydrogens is 268 g/mol. The number of hydrogen-bond donors (Lipinski definition) is 0. The molecule has 1 aliphatic rings. The summed E-state index contributed by atoms with van der Waals surface area (Å²) in [6.45, 7) is 6.88. The highest BCUT2D eigenvalue weighted by atomic mass is 16.5. The SMILES string of the molecule is CCC(C)(C)C1=C(OC(C)=O)C(=O)c2ccccc2C1=O. The maximum absolute atomic E-state index is 12.8. The maximum Gasteiger partial charge on any atom is 0.308 e. The molecule has 0 atom stereocenters. The molecule has 4 nitrogen and oxygen atoms in total. The number of ketones is 2. The minimum absolute atomic E-state index is 0.127. The smallest absolute Gasteiger partial charge is 0.308 e. The highest BCUT2D eigenvalue weighted by Crippen LogP contribution is 2.39. The summed E-state index contributed by atoms with van der Waals surface area (Å²) in [6.07, 6.45) is 0.647. The van der Waals surface area contributed by atoms with Crippen molar-refractivity contribution in [1.82, 2.24) is 0 Å². The molecule has 0 heterocycles. The van der Waals surface area contributed by atoms with Gasteiger partial charge in [0.05, 0.1) is 5.57 Å². The third-order valence-electron chi connectivity index (χ3n) is 3.88. The van der Waals surface area contributed by atoms with E-state index in [1.165, 1.54) is 6.92 Å². The Balaban J connectivity index is 2.72. The molecule has 4 heteroatoms. The lowest BCUT2D eigenvalue weighted by Crippen LogP contribution is -2.32. The van der Waals surface area contributed by atoms with E-state index < -0.39 is 17.2 Å². The van der Waals surface area contributed by atoms with Gasteiger partial charge >= 0.3 is 5.97 Å². The van der Waals surface area contributed by atoms with Gasteiger partial charge in [0.1, 0.15) is 0 Å². The lowest BCUT2D eigenvalue weighted by Gasteiger charge is -2.30. The average Bonchev–Trinajstić information content (AvgIpc) is 2.44. The number of fused-ring (bicyclic) bond motifs is 1. The minimum atomic E-state index is -0.602. The Hall–Kier alpha value is -2.23. The Bertz CT molecular complexity index is 665. The molecule has 0 spiro atoms. The van der Waals surface area contributed by atoms with Crippen molar-refractivity contribution in [3.63, 3.8) is 0 Å². The first-order chi connectivity index (χ1) is 9.79. The Morgan fingerprint density at radius 1 is 1.10 bits per heavy atom. The van der Waals surface area contributed by atoms with E-state index in [0.717, 1.165) is 0 Å². The van der Waals surface area contributed by atoms with Gasteiger partial charge in [-0.2, -0.15) is 0 Å². The number of carbonyl (C=O) groups excluding carboxylic acids is 3. The zero-order chi connectivity index (χ0) is 15.8. The average molecular weight is 286 g/mol. The third kappa shape index (κ3) is 2.53. The van der Waals surface area contributed by atoms with Gasteiger partial charge in [0, 0.05) is 18.1 Å². The zero-order valence-electron chi connectivity index (χ0n) is 12.6. The van der Waals surface area contributed by atoms with Crippen LogP contribution in [-0.2, 0) is 9.53 Å². The number of benzene rings is 1. The van der Waals surface area contributed by atoms with Gasteiger partial charge in [-0.3, -0.25) is 14.4 Å². The predicted molar refractivity (Wildman–Crippen MR) is 78.0 cm³/mol. The molecule has 110 valence electrons. The van der Waals surface area contributed by atoms with Crippen molar-refractivity contribution in [3.8, 4) is 0 Å². The number of Topliss-reactive ketones (excluding diaryl/α,β-unsaturated/α-hetero) is 2. The van der Waals surface area contributed by atoms with Crippen molar-refractivity contribution in [2.75, 3.05) is 0 Å². The van der Waals surface area contributed by atoms with Gasteiger partial charge in [0.2, 0.25) is 5.78 Å². The molecule has 0 N–H and O–H groups in total. The van der Waals surface area contributed by atoms with Crippen LogP contribution in [0, 0.1) is 5.41 Å². The normalized spacial score (nSPS) is 15.0. The third-order valence-corrected chi connectivity index (χ3v) is 3.88. The number of rotatable bonds is 3. The number of esters is 1. The molecule has 0 aliphatic heterocycles. The summed E-state index contributed by atoms with van der Waals surface area (Å²) in [7, 11) is 0. The Kier molecular flexibility index (Phi) is 3.81. The van der Waals surface area contributed by atoms with Gasteiger partial charge in [-0.25, -0.2) is 0 Å². The topological polar surface area (TPSA) is 60.4 Å². The van der Waals surface area contributed by atoms with E-state index >= 15 is 0 Å². The van der Waals surface area contributed by atoms with Crippen LogP contribution in [0.2, 0.25) is 0 Å². The maximum atomic E-state index is 12.8. The van der Waals surface area contributed by atoms with Crippen LogP contribution in [-0.4, -0.2) is 17.5 Å². The molecule has 0 saturated heterocycles. The lowest BCUT2D eigenvalue weighted by molar-refractivity contribution is -0.136. The van der Waals surface area contributed by atoms with E-state index in [1.54, 1.807) is 24.3 Å². The second kappa shape index (κ2) is 5.28. The molecule has 1 aromatic carbocycles. The molecule has 21 heavy (non-hydrogen) atoms. The molecule has 0 radical (unpaired) electrons. The standard InChI is InChI=1S/C17H18O4/c1-5-17(3,4)13-14(19)11-8-6-7-9-12(11)15(20)16(13)21-10(2)18/h6-9H,5H2,1-4H3. The number of allylic oxidation sites excluding steroid dienone is 2. The van der Waals surface area contributed by atoms with Crippen molar-refractivity contribution >= 4 is 17.5 Å². The monoisotopic (exact) mass is 286 g/mol. The summed E-state index contributed by atoms with van der Waals surface area (Å²) in [6, 6.07) is 6.61. The van der Waals surface area contributed by atoms with Crippen LogP contribution in [0.5, 0.6) is 0 Å². The van der Waals surface area contributed by atoms with Crippen molar-refractivity contribution in [3.05, 3.63) is 46.7 Å². The molecular formula is C17H18O4. The number of carbonyl (C=O) groups is 3. The molecule has 0 saturated carbocycles. The molecule has 0 amide bonds. The quantitative estimate of drug-likeness (QED) is 0.800. The van der Waals surface area contributed by atoms with Crippen LogP contribution in [0.1, 0.15) is 54.8 Å². The summed E-state index contributed by atoms with van der Waals surface area (Å²) in [5.41, 5.74) is 0.388. The zero-order valence-corrected chi connectivity index (χ0v) is 12.6. The Morgan fingerprint density at radius 3 is 2.10 bits per heavy atom. The van der Waals surface area contributed by atoms with E-state index in [0.29, 0.717) is 12.0 Å². The van der Waals surface area contributed by atoms with Gasteiger partial charge in [-0.15, -0.1) is 0 Å². The minimum Gasteiger partial charge on any atom is -0.422 e. The molecule has 0 unspecified atom stereocenters. The van der Waals surface area contributed by atoms with Crippen molar-refractivity contribution in [1.29, 1.82) is 0 Å². The predicted octanol–water partition coefficient (Wildman–Crippen LogP) is 3.32. The van der Waals surface area contributed by atoms with Gasteiger partial charge in [-0.1, -0.05) is 45.0 Å². The van der Waals surface area contributed by atoms with E-state index in [1.807, 2.05) is 20.8 Å². The number of hydrogen-bond acceptors (Lipinski definition) is 4. The van der Waals surface area contributed by atoms with E-state index in [-0.39, 0.29) is 22.7 Å². The Morgan fingerprint density at radius 2 is 1.62 bits per heavy atom. The van der Waals surface area contributed by atoms with E-state index in [9.17, 15) is 14.4 Å². The van der Waals surface area contributed by atoms with Gasteiger partial charge < -0.3 is 4.74 Å². The molecule has 1 aromatic rings. The van der Waals surface area contributed by atoms with Crippen LogP contribution < -0.4 is 0 Å². The Labute approximate surface area is 123 Å². The summed E-state index contributed by atoms with van der Waals surface area (Å²) in [5.74, 6) is -1.38. The fourth-order valence-corrected chi connectivity index (χ4v) is 2.39. The molecule has 0 aromatic heterocycles. The van der Waals surface area contributed by atoms with Gasteiger partial charge in [0.25, 0.3) is 0 Å². The lowest BCUT2D eigenvalue weighted by atomic mass is 9.73. The first-order valence-electron chi connectivity index (χ1n) is 6.91. The van der Waals surface area contributed by atoms with Crippen LogP contribution in [0.4, 0.5) is 0 Å². The van der Waals surface area contributed by atoms with Crippen LogP contribution in [0.15, 0.2) is 35.6 Å². The molecule has 2 rings (SSSR count). The fraction of sp³-hybridized carbons (Fsp3) is 0.353. The van der Waals surface area contributed by atoms with Crippen molar-refractivity contribution in [2.45, 2.75) is 34.1 Å². The summed E-state index contributed by atoms with van der Waals surface area (Å²) >= 11 is 0. The van der Waals surface area contributed by atoms with Gasteiger partial charge in [0.15, 0.2) is 11.5 Å². The van der Waals surface area contributed by atoms with Crippen molar-refractivity contribution in [2.24, 2.45) is 5.41 Å². The molecule has 0 fully saturated rings. The summed E-state index contributed by atoms with van der Waals surface area (Å²) in [4.78, 5) is 36.7. The number of ether oxygens (including phenoxy) is 1. The van der Waals surface area contributed by atoms with E-state index in [2.05, 4.69) is 0 Å². The van der Waals surface area contributed by atoms with Crippen molar-refractivity contribution < 1.29 is 19.1 Å².